The first-order chi connectivity index (χ1) is 10.7. The minimum atomic E-state index is -0.477. The zero-order chi connectivity index (χ0) is 17.9. The second-order valence-corrected chi connectivity index (χ2v) is 6.49. The Bertz CT molecular complexity index is 389. The highest BCUT2D eigenvalue weighted by molar-refractivity contribution is 5.79. The van der Waals surface area contributed by atoms with E-state index in [4.69, 9.17) is 4.74 Å². The maximum absolute atomic E-state index is 11.9. The van der Waals surface area contributed by atoms with Crippen molar-refractivity contribution in [1.29, 1.82) is 0 Å². The van der Waals surface area contributed by atoms with Crippen LogP contribution in [0.4, 0.5) is 4.79 Å². The molecular formula is C17H34N4O2. The molecule has 6 heteroatoms. The van der Waals surface area contributed by atoms with E-state index in [1.54, 1.807) is 11.9 Å². The summed E-state index contributed by atoms with van der Waals surface area (Å²) in [5.74, 6) is 0.856. The molecule has 0 heterocycles. The van der Waals surface area contributed by atoms with Gasteiger partial charge in [-0.05, 0) is 40.5 Å². The predicted molar refractivity (Wildman–Crippen MR) is 96.9 cm³/mol. The number of hydrogen-bond donors (Lipinski definition) is 1. The summed E-state index contributed by atoms with van der Waals surface area (Å²) in [5, 5.41) is 3.27. The first-order valence-electron chi connectivity index (χ1n) is 8.25. The topological polar surface area (TPSA) is 57.2 Å². The molecule has 0 radical (unpaired) electrons. The molecule has 1 N–H and O–H groups in total. The number of carbonyl (C=O) groups is 1. The van der Waals surface area contributed by atoms with E-state index in [0.29, 0.717) is 13.1 Å². The third kappa shape index (κ3) is 10.6. The highest BCUT2D eigenvalue weighted by atomic mass is 16.6. The molecule has 0 saturated carbocycles. The molecule has 0 aliphatic rings. The van der Waals surface area contributed by atoms with Crippen LogP contribution in [0.2, 0.25) is 0 Å². The summed E-state index contributed by atoms with van der Waals surface area (Å²) in [6.45, 7) is 14.1. The van der Waals surface area contributed by atoms with Crippen LogP contribution in [0.25, 0.3) is 0 Å². The monoisotopic (exact) mass is 326 g/mol. The number of guanidine groups is 1. The van der Waals surface area contributed by atoms with Gasteiger partial charge < -0.3 is 19.9 Å². The van der Waals surface area contributed by atoms with Crippen LogP contribution in [0, 0.1) is 0 Å². The van der Waals surface area contributed by atoms with E-state index >= 15 is 0 Å². The quantitative estimate of drug-likeness (QED) is 0.322. The Labute approximate surface area is 141 Å². The van der Waals surface area contributed by atoms with Gasteiger partial charge in [-0.2, -0.15) is 0 Å². The van der Waals surface area contributed by atoms with E-state index in [2.05, 4.69) is 21.8 Å². The van der Waals surface area contributed by atoms with Crippen LogP contribution in [0.15, 0.2) is 17.6 Å². The molecule has 0 spiro atoms. The van der Waals surface area contributed by atoms with Gasteiger partial charge in [0, 0.05) is 33.7 Å². The van der Waals surface area contributed by atoms with Crippen molar-refractivity contribution in [2.75, 3.05) is 40.3 Å². The highest BCUT2D eigenvalue weighted by Crippen LogP contribution is 2.08. The largest absolute Gasteiger partial charge is 0.444 e. The van der Waals surface area contributed by atoms with Gasteiger partial charge in [-0.15, -0.1) is 6.58 Å². The molecule has 0 aromatic rings. The summed E-state index contributed by atoms with van der Waals surface area (Å²) in [6, 6.07) is 0. The Hall–Kier alpha value is -1.72. The fraction of sp³-hybridized carbons (Fsp3) is 0.765. The molecule has 0 aromatic carbocycles. The summed E-state index contributed by atoms with van der Waals surface area (Å²) >= 11 is 0. The fourth-order valence-electron chi connectivity index (χ4n) is 1.79. The van der Waals surface area contributed by atoms with Crippen LogP contribution in [0.3, 0.4) is 0 Å². The summed E-state index contributed by atoms with van der Waals surface area (Å²) in [7, 11) is 3.74. The van der Waals surface area contributed by atoms with Gasteiger partial charge in [-0.1, -0.05) is 6.08 Å². The summed E-state index contributed by atoms with van der Waals surface area (Å²) < 4.78 is 5.32. The lowest BCUT2D eigenvalue weighted by Gasteiger charge is -2.25. The molecular weight excluding hydrogens is 292 g/mol. The van der Waals surface area contributed by atoms with Crippen molar-refractivity contribution in [2.45, 2.75) is 46.1 Å². The van der Waals surface area contributed by atoms with Crippen LogP contribution in [-0.2, 0) is 4.74 Å². The number of ether oxygens (including phenoxy) is 1. The van der Waals surface area contributed by atoms with Crippen molar-refractivity contribution in [3.05, 3.63) is 12.7 Å². The Kier molecular flexibility index (Phi) is 10.1. The van der Waals surface area contributed by atoms with Crippen molar-refractivity contribution < 1.29 is 9.53 Å². The maximum atomic E-state index is 11.9. The van der Waals surface area contributed by atoms with Gasteiger partial charge in [0.25, 0.3) is 0 Å². The Balaban J connectivity index is 4.43. The molecule has 1 amide bonds. The van der Waals surface area contributed by atoms with Crippen molar-refractivity contribution in [2.24, 2.45) is 4.99 Å². The van der Waals surface area contributed by atoms with Crippen molar-refractivity contribution in [3.8, 4) is 0 Å². The van der Waals surface area contributed by atoms with Crippen LogP contribution < -0.4 is 5.32 Å². The molecule has 134 valence electrons. The van der Waals surface area contributed by atoms with Crippen LogP contribution >= 0.6 is 0 Å². The van der Waals surface area contributed by atoms with Crippen molar-refractivity contribution in [3.63, 3.8) is 0 Å². The normalized spacial score (nSPS) is 11.8. The SMILES string of the molecule is C=CCCCN(C)C(=NCCN(C)C(=O)OC(C)(C)C)NCC. The average molecular weight is 326 g/mol. The Morgan fingerprint density at radius 1 is 1.26 bits per heavy atom. The number of rotatable bonds is 8. The summed E-state index contributed by atoms with van der Waals surface area (Å²) in [5.41, 5.74) is -0.477. The first kappa shape index (κ1) is 21.3. The highest BCUT2D eigenvalue weighted by Gasteiger charge is 2.19. The standard InChI is InChI=1S/C17H34N4O2/c1-8-10-11-13-20(6)15(18-9-2)19-12-14-21(7)16(22)23-17(3,4)5/h8H,1,9-14H2,2-7H3,(H,18,19). The van der Waals surface area contributed by atoms with Crippen molar-refractivity contribution in [1.82, 2.24) is 15.1 Å². The fourth-order valence-corrected chi connectivity index (χ4v) is 1.79. The number of nitrogens with one attached hydrogen (secondary N) is 1. The number of amides is 1. The van der Waals surface area contributed by atoms with Gasteiger partial charge in [0.15, 0.2) is 5.96 Å². The van der Waals surface area contributed by atoms with E-state index in [9.17, 15) is 4.79 Å². The van der Waals surface area contributed by atoms with Crippen LogP contribution in [0.5, 0.6) is 0 Å². The molecule has 0 saturated heterocycles. The van der Waals surface area contributed by atoms with Gasteiger partial charge in [-0.3, -0.25) is 4.99 Å². The number of unbranched alkanes of at least 4 members (excludes halogenated alkanes) is 1. The van der Waals surface area contributed by atoms with Gasteiger partial charge >= 0.3 is 6.09 Å². The molecule has 0 aliphatic carbocycles. The minimum absolute atomic E-state index is 0.322. The molecule has 23 heavy (non-hydrogen) atoms. The van der Waals surface area contributed by atoms with E-state index < -0.39 is 5.60 Å². The summed E-state index contributed by atoms with van der Waals surface area (Å²) in [4.78, 5) is 20.1. The van der Waals surface area contributed by atoms with Gasteiger partial charge in [0.2, 0.25) is 0 Å². The third-order valence-electron chi connectivity index (χ3n) is 3.00. The molecule has 0 aromatic heterocycles. The van der Waals surface area contributed by atoms with Gasteiger partial charge in [-0.25, -0.2) is 4.79 Å². The number of hydrogen-bond acceptors (Lipinski definition) is 3. The molecule has 6 nitrogen and oxygen atoms in total. The number of likely N-dealkylation sites (N-methyl/N-ethyl adjacent to an activating group) is 1. The number of allylic oxidation sites excluding steroid dienone is 1. The van der Waals surface area contributed by atoms with Crippen molar-refractivity contribution >= 4 is 12.1 Å². The molecule has 0 unspecified atom stereocenters. The predicted octanol–water partition coefficient (Wildman–Crippen LogP) is 2.72. The zero-order valence-electron chi connectivity index (χ0n) is 15.7. The Morgan fingerprint density at radius 3 is 2.43 bits per heavy atom. The van der Waals surface area contributed by atoms with Crippen LogP contribution in [0.1, 0.15) is 40.5 Å². The molecule has 0 rings (SSSR count). The molecule has 0 fully saturated rings. The third-order valence-corrected chi connectivity index (χ3v) is 3.00. The molecule has 0 atom stereocenters. The smallest absolute Gasteiger partial charge is 0.410 e. The summed E-state index contributed by atoms with van der Waals surface area (Å²) in [6.07, 6.45) is 3.64. The van der Waals surface area contributed by atoms with Crippen LogP contribution in [-0.4, -0.2) is 67.7 Å². The van der Waals surface area contributed by atoms with Gasteiger partial charge in [0.1, 0.15) is 5.60 Å². The number of carbonyl (C=O) groups excluding carboxylic acids is 1. The maximum Gasteiger partial charge on any atom is 0.410 e. The zero-order valence-corrected chi connectivity index (χ0v) is 15.7. The number of aliphatic imine (C=N–C) groups is 1. The lowest BCUT2D eigenvalue weighted by molar-refractivity contribution is 0.0304. The second-order valence-electron chi connectivity index (χ2n) is 6.49. The van der Waals surface area contributed by atoms with E-state index in [1.165, 1.54) is 0 Å². The van der Waals surface area contributed by atoms with E-state index in [-0.39, 0.29) is 6.09 Å². The lowest BCUT2D eigenvalue weighted by atomic mass is 10.2. The van der Waals surface area contributed by atoms with E-state index in [0.717, 1.165) is 31.9 Å². The van der Waals surface area contributed by atoms with Gasteiger partial charge in [0.05, 0.1) is 6.54 Å². The van der Waals surface area contributed by atoms with E-state index in [1.807, 2.05) is 40.8 Å². The Morgan fingerprint density at radius 2 is 1.91 bits per heavy atom. The average Bonchev–Trinajstić information content (AvgIpc) is 2.44. The minimum Gasteiger partial charge on any atom is -0.444 e. The second kappa shape index (κ2) is 10.9. The molecule has 0 aliphatic heterocycles. The lowest BCUT2D eigenvalue weighted by Crippen LogP contribution is -2.40. The molecule has 0 bridgehead atoms. The first-order valence-corrected chi connectivity index (χ1v) is 8.25. The number of nitrogens with zero attached hydrogens (tertiary/aromatic N) is 3.